The van der Waals surface area contributed by atoms with E-state index in [9.17, 15) is 14.0 Å². The highest BCUT2D eigenvalue weighted by atomic mass is 19.1. The third kappa shape index (κ3) is 6.20. The van der Waals surface area contributed by atoms with Crippen LogP contribution in [0.15, 0.2) is 91.0 Å². The normalized spacial score (nSPS) is 14.0. The maximum atomic E-state index is 14.4. The molecule has 8 nitrogen and oxygen atoms in total. The minimum atomic E-state index is -0.475. The Bertz CT molecular complexity index is 1870. The fourth-order valence-corrected chi connectivity index (χ4v) is 5.68. The van der Waals surface area contributed by atoms with Gasteiger partial charge in [-0.3, -0.25) is 14.2 Å². The van der Waals surface area contributed by atoms with Gasteiger partial charge in [-0.25, -0.2) is 4.39 Å². The molecule has 0 radical (unpaired) electrons. The average molecular weight is 609 g/mol. The van der Waals surface area contributed by atoms with Crippen LogP contribution in [0, 0.1) is 12.7 Å². The molecule has 0 bridgehead atoms. The molecule has 0 saturated heterocycles. The lowest BCUT2D eigenvalue weighted by molar-refractivity contribution is -0.144. The number of aromatic nitrogens is 1. The van der Waals surface area contributed by atoms with Gasteiger partial charge in [0.2, 0.25) is 0 Å². The molecule has 1 aliphatic rings. The molecule has 1 aliphatic heterocycles. The summed E-state index contributed by atoms with van der Waals surface area (Å²) in [4.78, 5) is 28.9. The Kier molecular flexibility index (Phi) is 8.42. The molecule has 0 aliphatic carbocycles. The van der Waals surface area contributed by atoms with E-state index in [-0.39, 0.29) is 31.6 Å². The van der Waals surface area contributed by atoms with Gasteiger partial charge < -0.3 is 23.8 Å². The topological polar surface area (TPSA) is 79.2 Å². The van der Waals surface area contributed by atoms with Crippen LogP contribution in [0.25, 0.3) is 10.9 Å². The van der Waals surface area contributed by atoms with Crippen molar-refractivity contribution in [2.75, 3.05) is 32.2 Å². The molecule has 45 heavy (non-hydrogen) atoms. The second-order valence-electron chi connectivity index (χ2n) is 11.0. The molecule has 230 valence electrons. The number of halogens is 1. The third-order valence-electron chi connectivity index (χ3n) is 7.95. The molecular weight excluding hydrogens is 575 g/mol. The van der Waals surface area contributed by atoms with Crippen LogP contribution in [0.4, 0.5) is 10.1 Å². The van der Waals surface area contributed by atoms with Crippen molar-refractivity contribution in [2.24, 2.45) is 0 Å². The highest BCUT2D eigenvalue weighted by molar-refractivity contribution is 6.05. The van der Waals surface area contributed by atoms with E-state index in [0.717, 1.165) is 17.0 Å². The Labute approximate surface area is 260 Å². The van der Waals surface area contributed by atoms with E-state index in [4.69, 9.17) is 18.9 Å². The molecule has 0 spiro atoms. The van der Waals surface area contributed by atoms with E-state index >= 15 is 0 Å². The molecule has 6 rings (SSSR count). The monoisotopic (exact) mass is 608 g/mol. The lowest BCUT2D eigenvalue weighted by Gasteiger charge is -2.33. The zero-order valence-corrected chi connectivity index (χ0v) is 25.3. The number of fused-ring (bicyclic) bond motifs is 2. The molecule has 9 heteroatoms. The molecule has 0 amide bonds. The van der Waals surface area contributed by atoms with E-state index in [2.05, 4.69) is 4.90 Å². The van der Waals surface area contributed by atoms with E-state index in [1.807, 2.05) is 61.6 Å². The first kappa shape index (κ1) is 29.7. The molecule has 0 fully saturated rings. The summed E-state index contributed by atoms with van der Waals surface area (Å²) >= 11 is 0. The molecule has 0 saturated carbocycles. The molecule has 1 atom stereocenters. The maximum Gasteiger partial charge on any atom is 0.310 e. The van der Waals surface area contributed by atoms with Crippen molar-refractivity contribution in [3.05, 3.63) is 119 Å². The Morgan fingerprint density at radius 2 is 1.73 bits per heavy atom. The highest BCUT2D eigenvalue weighted by Crippen LogP contribution is 2.34. The number of anilines is 1. The summed E-state index contributed by atoms with van der Waals surface area (Å²) in [5.74, 6) is 0.355. The highest BCUT2D eigenvalue weighted by Gasteiger charge is 2.26. The number of nitrogens with zero attached hydrogens (tertiary/aromatic N) is 2. The number of carbonyl (C=O) groups excluding carboxylic acids is 2. The minimum absolute atomic E-state index is 0.113. The first-order chi connectivity index (χ1) is 21.8. The quantitative estimate of drug-likeness (QED) is 0.181. The van der Waals surface area contributed by atoms with Crippen LogP contribution in [-0.4, -0.2) is 49.9 Å². The van der Waals surface area contributed by atoms with Crippen LogP contribution < -0.4 is 19.1 Å². The van der Waals surface area contributed by atoms with Crippen LogP contribution in [0.2, 0.25) is 0 Å². The molecule has 0 unspecified atom stereocenters. The lowest BCUT2D eigenvalue weighted by Crippen LogP contribution is -2.41. The van der Waals surface area contributed by atoms with Crippen molar-refractivity contribution in [1.82, 2.24) is 4.57 Å². The van der Waals surface area contributed by atoms with E-state index in [1.165, 1.54) is 23.8 Å². The number of benzene rings is 4. The molecule has 5 aromatic rings. The number of carbonyl (C=O) groups is 2. The zero-order valence-electron chi connectivity index (χ0n) is 25.3. The molecule has 0 N–H and O–H groups in total. The SMILES string of the molecule is COc1cc(C(=O)n2c(C)c(CC(=O)OCc3ccccc3)c3cc(F)ccc32)ccc1OC[C@@H]1CN(C)c2ccccc2O1. The predicted octanol–water partition coefficient (Wildman–Crippen LogP) is 6.35. The third-order valence-corrected chi connectivity index (χ3v) is 7.95. The largest absolute Gasteiger partial charge is 0.493 e. The Hall–Kier alpha value is -5.31. The number of hydrogen-bond donors (Lipinski definition) is 0. The van der Waals surface area contributed by atoms with Crippen molar-refractivity contribution in [1.29, 1.82) is 0 Å². The van der Waals surface area contributed by atoms with Gasteiger partial charge in [0.15, 0.2) is 11.5 Å². The summed E-state index contributed by atoms with van der Waals surface area (Å²) in [6.45, 7) is 2.79. The van der Waals surface area contributed by atoms with Gasteiger partial charge in [0.05, 0.1) is 31.3 Å². The number of methoxy groups -OCH3 is 1. The molecule has 4 aromatic carbocycles. The van der Waals surface area contributed by atoms with Crippen LogP contribution >= 0.6 is 0 Å². The minimum Gasteiger partial charge on any atom is -0.493 e. The number of esters is 1. The van der Waals surface area contributed by atoms with Gasteiger partial charge in [-0.1, -0.05) is 42.5 Å². The van der Waals surface area contributed by atoms with Crippen LogP contribution in [0.3, 0.4) is 0 Å². The second-order valence-corrected chi connectivity index (χ2v) is 11.0. The van der Waals surface area contributed by atoms with Gasteiger partial charge in [-0.15, -0.1) is 0 Å². The van der Waals surface area contributed by atoms with Gasteiger partial charge in [-0.05, 0) is 66.6 Å². The summed E-state index contributed by atoms with van der Waals surface area (Å²) in [5, 5.41) is 0.475. The van der Waals surface area contributed by atoms with Crippen molar-refractivity contribution >= 4 is 28.5 Å². The standard InChI is InChI=1S/C36H33FN2O6/c1-23-28(19-35(40)44-21-24-9-5-4-6-10-24)29-18-26(37)14-15-30(29)39(23)36(41)25-13-16-33(34(17-25)42-3)43-22-27-20-38(2)31-11-7-8-12-32(31)45-27/h4-18,27H,19-22H2,1-3H3/t27-/m0/s1. The van der Waals surface area contributed by atoms with E-state index < -0.39 is 11.8 Å². The van der Waals surface area contributed by atoms with Crippen molar-refractivity contribution < 1.29 is 32.9 Å². The Balaban J connectivity index is 1.22. The van der Waals surface area contributed by atoms with Gasteiger partial charge in [0, 0.05) is 23.7 Å². The summed E-state index contributed by atoms with van der Waals surface area (Å²) < 4.78 is 39.2. The molecular formula is C36H33FN2O6. The van der Waals surface area contributed by atoms with Crippen LogP contribution in [0.1, 0.15) is 27.2 Å². The van der Waals surface area contributed by atoms with Crippen molar-refractivity contribution in [3.63, 3.8) is 0 Å². The molecule has 1 aromatic heterocycles. The van der Waals surface area contributed by atoms with Gasteiger partial charge >= 0.3 is 5.97 Å². The summed E-state index contributed by atoms with van der Waals surface area (Å²) in [5.41, 5.74) is 3.76. The van der Waals surface area contributed by atoms with Crippen molar-refractivity contribution in [2.45, 2.75) is 26.1 Å². The number of likely N-dealkylation sites (N-methyl/N-ethyl adjacent to an activating group) is 1. The summed E-state index contributed by atoms with van der Waals surface area (Å²) in [6, 6.07) is 26.3. The summed E-state index contributed by atoms with van der Waals surface area (Å²) in [6.07, 6.45) is -0.319. The Morgan fingerprint density at radius 1 is 0.956 bits per heavy atom. The number of ether oxygens (including phenoxy) is 4. The van der Waals surface area contributed by atoms with Crippen LogP contribution in [-0.2, 0) is 22.6 Å². The molecule has 2 heterocycles. The first-order valence-electron chi connectivity index (χ1n) is 14.6. The van der Waals surface area contributed by atoms with Crippen molar-refractivity contribution in [3.8, 4) is 17.2 Å². The lowest BCUT2D eigenvalue weighted by atomic mass is 10.1. The predicted molar refractivity (Wildman–Crippen MR) is 169 cm³/mol. The second kappa shape index (κ2) is 12.7. The number of rotatable bonds is 9. The van der Waals surface area contributed by atoms with Gasteiger partial charge in [-0.2, -0.15) is 0 Å². The maximum absolute atomic E-state index is 14.4. The fourth-order valence-electron chi connectivity index (χ4n) is 5.68. The fraction of sp³-hybridized carbons (Fsp3) is 0.222. The summed E-state index contributed by atoms with van der Waals surface area (Å²) in [7, 11) is 3.52. The smallest absolute Gasteiger partial charge is 0.310 e. The Morgan fingerprint density at radius 3 is 2.53 bits per heavy atom. The number of para-hydroxylation sites is 2. The van der Waals surface area contributed by atoms with Crippen LogP contribution in [0.5, 0.6) is 17.2 Å². The number of hydrogen-bond acceptors (Lipinski definition) is 7. The average Bonchev–Trinajstić information content (AvgIpc) is 3.32. The van der Waals surface area contributed by atoms with E-state index in [1.54, 1.807) is 31.2 Å². The van der Waals surface area contributed by atoms with Gasteiger partial charge in [0.25, 0.3) is 5.91 Å². The van der Waals surface area contributed by atoms with Gasteiger partial charge in [0.1, 0.15) is 30.9 Å². The van der Waals surface area contributed by atoms with E-state index in [0.29, 0.717) is 45.8 Å². The first-order valence-corrected chi connectivity index (χ1v) is 14.6. The zero-order chi connectivity index (χ0) is 31.5.